The van der Waals surface area contributed by atoms with Crippen LogP contribution in [0, 0.1) is 0 Å². The summed E-state index contributed by atoms with van der Waals surface area (Å²) in [5.41, 5.74) is 10.4. The van der Waals surface area contributed by atoms with Gasteiger partial charge in [0.2, 0.25) is 5.91 Å². The number of aromatic nitrogens is 1. The molecule has 134 valence electrons. The van der Waals surface area contributed by atoms with Gasteiger partial charge in [-0.1, -0.05) is 18.2 Å². The van der Waals surface area contributed by atoms with Crippen molar-refractivity contribution < 1.29 is 14.3 Å². The van der Waals surface area contributed by atoms with Gasteiger partial charge in [-0.3, -0.25) is 4.79 Å². The van der Waals surface area contributed by atoms with Gasteiger partial charge in [0.15, 0.2) is 11.4 Å². The molecule has 0 atom stereocenters. The van der Waals surface area contributed by atoms with Gasteiger partial charge in [0.1, 0.15) is 17.3 Å². The second-order valence-corrected chi connectivity index (χ2v) is 5.79. The summed E-state index contributed by atoms with van der Waals surface area (Å²) in [5.74, 6) is -0.0323. The van der Waals surface area contributed by atoms with E-state index in [1.54, 1.807) is 30.3 Å². The molecule has 9 heteroatoms. The number of hydrogen-bond donors (Lipinski definition) is 3. The van der Waals surface area contributed by atoms with Gasteiger partial charge in [-0.2, -0.15) is 10.2 Å². The van der Waals surface area contributed by atoms with Gasteiger partial charge in [-0.15, -0.1) is 0 Å². The van der Waals surface area contributed by atoms with Gasteiger partial charge in [-0.25, -0.2) is 9.78 Å². The van der Waals surface area contributed by atoms with Crippen LogP contribution in [0.2, 0.25) is 0 Å². The first-order valence-corrected chi connectivity index (χ1v) is 7.99. The molecule has 0 aliphatic heterocycles. The van der Waals surface area contributed by atoms with E-state index in [4.69, 9.17) is 16.2 Å². The topological polar surface area (TPSA) is 145 Å². The van der Waals surface area contributed by atoms with E-state index in [1.807, 2.05) is 6.07 Å². The highest BCUT2D eigenvalue weighted by Crippen LogP contribution is 2.42. The van der Waals surface area contributed by atoms with E-state index in [1.165, 1.54) is 6.07 Å². The fraction of sp³-hybridized carbons (Fsp3) is 0.235. The second kappa shape index (κ2) is 7.28. The summed E-state index contributed by atoms with van der Waals surface area (Å²) < 4.78 is 5.34. The number of nitrogens with two attached hydrogens (primary N) is 2. The summed E-state index contributed by atoms with van der Waals surface area (Å²) in [6.07, 6.45) is 1.11. The smallest absolute Gasteiger partial charge is 0.341 e. The van der Waals surface area contributed by atoms with Crippen molar-refractivity contribution in [1.82, 2.24) is 4.98 Å². The zero-order valence-corrected chi connectivity index (χ0v) is 13.9. The van der Waals surface area contributed by atoms with Crippen molar-refractivity contribution in [1.29, 1.82) is 0 Å². The highest BCUT2D eigenvalue weighted by molar-refractivity contribution is 5.91. The van der Waals surface area contributed by atoms with Crippen molar-refractivity contribution in [2.24, 2.45) is 16.0 Å². The minimum atomic E-state index is -0.977. The second-order valence-electron chi connectivity index (χ2n) is 5.79. The van der Waals surface area contributed by atoms with Crippen LogP contribution < -0.4 is 21.5 Å². The molecule has 9 nitrogen and oxygen atoms in total. The van der Waals surface area contributed by atoms with E-state index in [9.17, 15) is 9.59 Å². The zero-order valence-electron chi connectivity index (χ0n) is 13.9. The highest BCUT2D eigenvalue weighted by Gasteiger charge is 2.53. The molecule has 0 spiro atoms. The number of benzene rings is 1. The van der Waals surface area contributed by atoms with Crippen LogP contribution in [0.25, 0.3) is 0 Å². The average Bonchev–Trinajstić information content (AvgIpc) is 3.43. The normalized spacial score (nSPS) is 14.8. The minimum absolute atomic E-state index is 0.0794. The lowest BCUT2D eigenvalue weighted by Gasteiger charge is -2.09. The van der Waals surface area contributed by atoms with Gasteiger partial charge >= 0.3 is 5.97 Å². The Balaban J connectivity index is 1.69. The Hall–Kier alpha value is -3.33. The largest absolute Gasteiger partial charge is 0.425 e. The van der Waals surface area contributed by atoms with E-state index in [0.29, 0.717) is 24.3 Å². The summed E-state index contributed by atoms with van der Waals surface area (Å²) >= 11 is 0. The molecule has 1 aromatic carbocycles. The molecule has 1 heterocycles. The summed E-state index contributed by atoms with van der Waals surface area (Å²) in [6.45, 7) is -0.158. The van der Waals surface area contributed by atoms with Gasteiger partial charge in [0, 0.05) is 0 Å². The minimum Gasteiger partial charge on any atom is -0.425 e. The molecular formula is C17H18N6O3. The first-order chi connectivity index (χ1) is 12.5. The predicted molar refractivity (Wildman–Crippen MR) is 94.9 cm³/mol. The lowest BCUT2D eigenvalue weighted by molar-refractivity contribution is -0.137. The van der Waals surface area contributed by atoms with E-state index >= 15 is 0 Å². The Morgan fingerprint density at radius 2 is 1.92 bits per heavy atom. The standard InChI is InChI=1S/C17H18N6O3/c18-10-14(24)20-13-7-6-12(15(19)21-13)22-23-17(8-9-17)16(25)26-11-4-2-1-3-5-11/h1-7H,8-10,18H2,(H3,19,20,21,24)/b23-22+. The number of ether oxygens (including phenoxy) is 1. The molecule has 3 rings (SSSR count). The van der Waals surface area contributed by atoms with E-state index in [-0.39, 0.29) is 24.1 Å². The zero-order chi connectivity index (χ0) is 18.6. The van der Waals surface area contributed by atoms with Crippen molar-refractivity contribution in [3.05, 3.63) is 42.5 Å². The number of esters is 1. The molecule has 0 saturated heterocycles. The molecule has 1 aliphatic carbocycles. The molecule has 5 N–H and O–H groups in total. The highest BCUT2D eigenvalue weighted by atomic mass is 16.5. The van der Waals surface area contributed by atoms with Crippen LogP contribution >= 0.6 is 0 Å². The maximum Gasteiger partial charge on any atom is 0.341 e. The number of azo groups is 1. The Morgan fingerprint density at radius 1 is 1.19 bits per heavy atom. The third-order valence-electron chi connectivity index (χ3n) is 3.76. The first-order valence-electron chi connectivity index (χ1n) is 7.99. The Bertz CT molecular complexity index is 849. The van der Waals surface area contributed by atoms with Gasteiger partial charge in [-0.05, 0) is 37.1 Å². The van der Waals surface area contributed by atoms with Gasteiger partial charge < -0.3 is 21.5 Å². The molecule has 1 aromatic heterocycles. The number of nitrogens with zero attached hydrogens (tertiary/aromatic N) is 3. The summed E-state index contributed by atoms with van der Waals surface area (Å²) in [5, 5.41) is 10.7. The first kappa shape index (κ1) is 17.5. The third-order valence-corrected chi connectivity index (χ3v) is 3.76. The monoisotopic (exact) mass is 354 g/mol. The maximum absolute atomic E-state index is 12.3. The molecule has 26 heavy (non-hydrogen) atoms. The number of hydrogen-bond acceptors (Lipinski definition) is 8. The predicted octanol–water partition coefficient (Wildman–Crippen LogP) is 1.78. The van der Waals surface area contributed by atoms with Crippen LogP contribution in [0.5, 0.6) is 5.75 Å². The third kappa shape index (κ3) is 4.01. The van der Waals surface area contributed by atoms with E-state index in [0.717, 1.165) is 0 Å². The van der Waals surface area contributed by atoms with E-state index in [2.05, 4.69) is 20.5 Å². The SMILES string of the molecule is NCC(=O)Nc1ccc(/N=N/C2(C(=O)Oc3ccccc3)CC2)c(N)n1. The maximum atomic E-state index is 12.3. The summed E-state index contributed by atoms with van der Waals surface area (Å²) in [4.78, 5) is 27.6. The van der Waals surface area contributed by atoms with Gasteiger partial charge in [0.05, 0.1) is 6.54 Å². The molecule has 0 bridgehead atoms. The number of nitrogens with one attached hydrogen (secondary N) is 1. The molecule has 1 saturated carbocycles. The number of anilines is 2. The molecule has 1 fully saturated rings. The van der Waals surface area contributed by atoms with Crippen LogP contribution in [-0.2, 0) is 9.59 Å². The van der Waals surface area contributed by atoms with Crippen LogP contribution in [-0.4, -0.2) is 28.9 Å². The van der Waals surface area contributed by atoms with Crippen molar-refractivity contribution in [2.75, 3.05) is 17.6 Å². The lowest BCUT2D eigenvalue weighted by Crippen LogP contribution is -2.25. The van der Waals surface area contributed by atoms with Crippen LogP contribution in [0.15, 0.2) is 52.7 Å². The molecule has 2 aromatic rings. The molecule has 1 aliphatic rings. The van der Waals surface area contributed by atoms with Crippen molar-refractivity contribution in [3.63, 3.8) is 0 Å². The molecule has 1 amide bonds. The van der Waals surface area contributed by atoms with Gasteiger partial charge in [0.25, 0.3) is 0 Å². The number of para-hydroxylation sites is 1. The molecule has 0 radical (unpaired) electrons. The number of amides is 1. The Kier molecular flexibility index (Phi) is 4.90. The number of pyridine rings is 1. The number of carbonyl (C=O) groups excluding carboxylic acids is 2. The van der Waals surface area contributed by atoms with Crippen LogP contribution in [0.1, 0.15) is 12.8 Å². The lowest BCUT2D eigenvalue weighted by atomic mass is 10.3. The van der Waals surface area contributed by atoms with Crippen molar-refractivity contribution in [3.8, 4) is 5.75 Å². The summed E-state index contributed by atoms with van der Waals surface area (Å²) in [7, 11) is 0. The molecule has 0 unspecified atom stereocenters. The fourth-order valence-corrected chi connectivity index (χ4v) is 2.12. The number of carbonyl (C=O) groups is 2. The van der Waals surface area contributed by atoms with E-state index < -0.39 is 11.5 Å². The number of nitrogen functional groups attached to an aromatic ring is 1. The quantitative estimate of drug-likeness (QED) is 0.409. The fourth-order valence-electron chi connectivity index (χ4n) is 2.12. The number of rotatable bonds is 6. The van der Waals surface area contributed by atoms with Crippen molar-refractivity contribution >= 4 is 29.2 Å². The van der Waals surface area contributed by atoms with Crippen molar-refractivity contribution in [2.45, 2.75) is 18.4 Å². The Labute approximate surface area is 149 Å². The average molecular weight is 354 g/mol. The Morgan fingerprint density at radius 3 is 2.54 bits per heavy atom. The summed E-state index contributed by atoms with van der Waals surface area (Å²) in [6, 6.07) is 11.9. The van der Waals surface area contributed by atoms with Crippen LogP contribution in [0.3, 0.4) is 0 Å². The molecular weight excluding hydrogens is 336 g/mol. The van der Waals surface area contributed by atoms with Crippen LogP contribution in [0.4, 0.5) is 17.3 Å².